The number of rotatable bonds is 3. The predicted octanol–water partition coefficient (Wildman–Crippen LogP) is 3.66. The Morgan fingerprint density at radius 2 is 2.14 bits per heavy atom. The highest BCUT2D eigenvalue weighted by Gasteiger charge is 2.58. The van der Waals surface area contributed by atoms with Gasteiger partial charge in [0.2, 0.25) is 11.8 Å². The molecule has 5 rings (SSSR count). The van der Waals surface area contributed by atoms with Crippen molar-refractivity contribution in [3.05, 3.63) is 47.3 Å². The SMILES string of the molecule is CCC(=O)N[C@@H]1CCCc2c(-c3ccc4c(c3)C3(CC3)C(=O)N4C)cncc21. The fourth-order valence-corrected chi connectivity index (χ4v) is 4.95. The molecule has 2 heterocycles. The number of nitrogens with one attached hydrogen (secondary N) is 1. The van der Waals surface area contributed by atoms with Gasteiger partial charge in [0.1, 0.15) is 0 Å². The normalized spacial score (nSPS) is 21.4. The summed E-state index contributed by atoms with van der Waals surface area (Å²) in [6.45, 7) is 1.88. The number of carbonyl (C=O) groups is 2. The minimum absolute atomic E-state index is 0.0422. The van der Waals surface area contributed by atoms with Crippen LogP contribution in [0.25, 0.3) is 11.1 Å². The first-order valence-corrected chi connectivity index (χ1v) is 10.2. The Bertz CT molecular complexity index is 993. The van der Waals surface area contributed by atoms with E-state index in [1.165, 1.54) is 11.1 Å². The molecular formula is C23H25N3O2. The zero-order valence-electron chi connectivity index (χ0n) is 16.4. The number of hydrogen-bond acceptors (Lipinski definition) is 3. The molecule has 1 saturated carbocycles. The summed E-state index contributed by atoms with van der Waals surface area (Å²) in [6.07, 6.45) is 9.23. The third-order valence-electron chi connectivity index (χ3n) is 6.69. The molecule has 1 aliphatic heterocycles. The van der Waals surface area contributed by atoms with Gasteiger partial charge in [-0.25, -0.2) is 0 Å². The van der Waals surface area contributed by atoms with E-state index < -0.39 is 0 Å². The summed E-state index contributed by atoms with van der Waals surface area (Å²) in [7, 11) is 1.88. The zero-order chi connectivity index (χ0) is 19.5. The van der Waals surface area contributed by atoms with Crippen LogP contribution in [0.1, 0.15) is 61.8 Å². The summed E-state index contributed by atoms with van der Waals surface area (Å²) in [4.78, 5) is 30.9. The first-order valence-electron chi connectivity index (χ1n) is 10.2. The monoisotopic (exact) mass is 375 g/mol. The van der Waals surface area contributed by atoms with E-state index >= 15 is 0 Å². The maximum absolute atomic E-state index is 12.7. The van der Waals surface area contributed by atoms with Gasteiger partial charge in [0.15, 0.2) is 0 Å². The van der Waals surface area contributed by atoms with Gasteiger partial charge in [0, 0.05) is 37.1 Å². The lowest BCUT2D eigenvalue weighted by Crippen LogP contribution is -2.30. The fourth-order valence-electron chi connectivity index (χ4n) is 4.95. The van der Waals surface area contributed by atoms with Crippen molar-refractivity contribution in [3.8, 4) is 11.1 Å². The van der Waals surface area contributed by atoms with Crippen LogP contribution in [0.3, 0.4) is 0 Å². The second-order valence-electron chi connectivity index (χ2n) is 8.30. The van der Waals surface area contributed by atoms with Crippen LogP contribution >= 0.6 is 0 Å². The molecule has 2 aromatic rings. The van der Waals surface area contributed by atoms with Crippen molar-refractivity contribution < 1.29 is 9.59 Å². The van der Waals surface area contributed by atoms with Gasteiger partial charge >= 0.3 is 0 Å². The highest BCUT2D eigenvalue weighted by molar-refractivity contribution is 6.10. The van der Waals surface area contributed by atoms with Gasteiger partial charge in [-0.1, -0.05) is 13.0 Å². The number of likely N-dealkylation sites (N-methyl/N-ethyl adjacent to an activating group) is 1. The summed E-state index contributed by atoms with van der Waals surface area (Å²) >= 11 is 0. The third-order valence-corrected chi connectivity index (χ3v) is 6.69. The first kappa shape index (κ1) is 17.4. The largest absolute Gasteiger partial charge is 0.349 e. The fraction of sp³-hybridized carbons (Fsp3) is 0.435. The zero-order valence-corrected chi connectivity index (χ0v) is 16.4. The number of benzene rings is 1. The molecule has 1 spiro atoms. The molecule has 2 aliphatic carbocycles. The number of nitrogens with zero attached hydrogens (tertiary/aromatic N) is 2. The maximum atomic E-state index is 12.7. The van der Waals surface area contributed by atoms with Crippen molar-refractivity contribution in [2.45, 2.75) is 56.9 Å². The number of amides is 2. The van der Waals surface area contributed by atoms with Crippen molar-refractivity contribution >= 4 is 17.5 Å². The van der Waals surface area contributed by atoms with Crippen LogP contribution in [0.5, 0.6) is 0 Å². The molecule has 1 atom stereocenters. The minimum Gasteiger partial charge on any atom is -0.349 e. The van der Waals surface area contributed by atoms with Crippen LogP contribution in [-0.4, -0.2) is 23.8 Å². The number of fused-ring (bicyclic) bond motifs is 3. The molecule has 3 aliphatic rings. The van der Waals surface area contributed by atoms with Crippen LogP contribution in [0, 0.1) is 0 Å². The van der Waals surface area contributed by atoms with Crippen molar-refractivity contribution in [3.63, 3.8) is 0 Å². The Kier molecular flexibility index (Phi) is 3.83. The molecule has 28 heavy (non-hydrogen) atoms. The lowest BCUT2D eigenvalue weighted by Gasteiger charge is -2.28. The molecule has 1 aromatic carbocycles. The smallest absolute Gasteiger partial charge is 0.237 e. The number of hydrogen-bond donors (Lipinski definition) is 1. The number of anilines is 1. The molecule has 0 unspecified atom stereocenters. The van der Waals surface area contributed by atoms with Gasteiger partial charge in [-0.2, -0.15) is 0 Å². The average Bonchev–Trinajstić information content (AvgIpc) is 3.50. The van der Waals surface area contributed by atoms with E-state index in [0.29, 0.717) is 6.42 Å². The molecule has 144 valence electrons. The van der Waals surface area contributed by atoms with E-state index in [9.17, 15) is 9.59 Å². The van der Waals surface area contributed by atoms with Crippen molar-refractivity contribution in [2.24, 2.45) is 0 Å². The molecule has 5 nitrogen and oxygen atoms in total. The van der Waals surface area contributed by atoms with E-state index in [4.69, 9.17) is 0 Å². The highest BCUT2D eigenvalue weighted by atomic mass is 16.2. The van der Waals surface area contributed by atoms with Gasteiger partial charge < -0.3 is 10.2 Å². The van der Waals surface area contributed by atoms with Gasteiger partial charge in [0.05, 0.1) is 11.5 Å². The van der Waals surface area contributed by atoms with Crippen molar-refractivity contribution in [1.29, 1.82) is 0 Å². The van der Waals surface area contributed by atoms with E-state index in [0.717, 1.165) is 54.5 Å². The third kappa shape index (κ3) is 2.42. The summed E-state index contributed by atoms with van der Waals surface area (Å²) in [5, 5.41) is 3.15. The van der Waals surface area contributed by atoms with Crippen molar-refractivity contribution in [1.82, 2.24) is 10.3 Å². The lowest BCUT2D eigenvalue weighted by atomic mass is 9.84. The maximum Gasteiger partial charge on any atom is 0.237 e. The second kappa shape index (κ2) is 6.16. The molecule has 0 saturated heterocycles. The number of pyridine rings is 1. The van der Waals surface area contributed by atoms with Crippen LogP contribution in [-0.2, 0) is 21.4 Å². The van der Waals surface area contributed by atoms with E-state index in [1.807, 2.05) is 26.4 Å². The molecule has 1 N–H and O–H groups in total. The molecule has 0 radical (unpaired) electrons. The van der Waals surface area contributed by atoms with Gasteiger partial charge in [-0.15, -0.1) is 0 Å². The van der Waals surface area contributed by atoms with E-state index in [2.05, 4.69) is 28.5 Å². The van der Waals surface area contributed by atoms with Gasteiger partial charge in [0.25, 0.3) is 0 Å². The summed E-state index contributed by atoms with van der Waals surface area (Å²) < 4.78 is 0. The number of aromatic nitrogens is 1. The summed E-state index contributed by atoms with van der Waals surface area (Å²) in [5.41, 5.74) is 6.61. The molecule has 2 amide bonds. The first-order chi connectivity index (χ1) is 13.5. The molecule has 1 aromatic heterocycles. The Balaban J connectivity index is 1.57. The van der Waals surface area contributed by atoms with Crippen molar-refractivity contribution in [2.75, 3.05) is 11.9 Å². The van der Waals surface area contributed by atoms with Crippen LogP contribution in [0.4, 0.5) is 5.69 Å². The molecule has 0 bridgehead atoms. The summed E-state index contributed by atoms with van der Waals surface area (Å²) in [5.74, 6) is 0.313. The summed E-state index contributed by atoms with van der Waals surface area (Å²) in [6, 6.07) is 6.43. The average molecular weight is 375 g/mol. The number of carbonyl (C=O) groups excluding carboxylic acids is 2. The highest BCUT2D eigenvalue weighted by Crippen LogP contribution is 2.57. The minimum atomic E-state index is -0.278. The predicted molar refractivity (Wildman–Crippen MR) is 108 cm³/mol. The Hall–Kier alpha value is -2.69. The van der Waals surface area contributed by atoms with Crippen LogP contribution in [0.15, 0.2) is 30.6 Å². The molecule has 5 heteroatoms. The molecular weight excluding hydrogens is 350 g/mol. The Morgan fingerprint density at radius 1 is 1.32 bits per heavy atom. The van der Waals surface area contributed by atoms with Gasteiger partial charge in [-0.05, 0) is 66.5 Å². The second-order valence-corrected chi connectivity index (χ2v) is 8.30. The van der Waals surface area contributed by atoms with Crippen LogP contribution in [0.2, 0.25) is 0 Å². The Labute approximate surface area is 165 Å². The van der Waals surface area contributed by atoms with Crippen LogP contribution < -0.4 is 10.2 Å². The molecule has 1 fully saturated rings. The van der Waals surface area contributed by atoms with E-state index in [1.54, 1.807) is 4.90 Å². The van der Waals surface area contributed by atoms with E-state index in [-0.39, 0.29) is 23.3 Å². The topological polar surface area (TPSA) is 62.3 Å². The standard InChI is InChI=1S/C23H25N3O2/c1-3-21(27)25-19-6-4-5-15-16(12-24-13-17(15)19)14-7-8-20-18(11-14)23(9-10-23)22(28)26(20)2/h7-8,11-13,19H,3-6,9-10H2,1-2H3,(H,25,27)/t19-/m1/s1. The quantitative estimate of drug-likeness (QED) is 0.890. The van der Waals surface area contributed by atoms with Gasteiger partial charge in [-0.3, -0.25) is 14.6 Å². The Morgan fingerprint density at radius 3 is 2.89 bits per heavy atom. The lowest BCUT2D eigenvalue weighted by molar-refractivity contribution is -0.121.